The molecule has 148 valence electrons. The van der Waals surface area contributed by atoms with E-state index in [1.165, 1.54) is 0 Å². The van der Waals surface area contributed by atoms with Crippen LogP contribution in [0.15, 0.2) is 42.6 Å². The average molecular weight is 402 g/mol. The van der Waals surface area contributed by atoms with Crippen LogP contribution in [0.3, 0.4) is 0 Å². The summed E-state index contributed by atoms with van der Waals surface area (Å²) >= 11 is 6.09. The first-order valence-corrected chi connectivity index (χ1v) is 9.72. The van der Waals surface area contributed by atoms with Gasteiger partial charge in [-0.1, -0.05) is 41.9 Å². The Morgan fingerprint density at radius 3 is 2.82 bits per heavy atom. The van der Waals surface area contributed by atoms with E-state index in [-0.39, 0.29) is 6.04 Å². The number of carbonyl (C=O) groups excluding carboxylic acids is 1. The molecular weight excluding hydrogens is 378 g/mol. The van der Waals surface area contributed by atoms with Crippen molar-refractivity contribution >= 4 is 28.5 Å². The third-order valence-electron chi connectivity index (χ3n) is 4.50. The number of carbonyl (C=O) groups is 1. The van der Waals surface area contributed by atoms with Crippen LogP contribution in [0.1, 0.15) is 37.8 Å². The van der Waals surface area contributed by atoms with Crippen LogP contribution >= 0.6 is 11.6 Å². The van der Waals surface area contributed by atoms with Gasteiger partial charge in [-0.2, -0.15) is 10.1 Å². The molecule has 2 aromatic heterocycles. The maximum Gasteiger partial charge on any atom is 0.312 e. The van der Waals surface area contributed by atoms with Gasteiger partial charge in [0, 0.05) is 11.9 Å². The summed E-state index contributed by atoms with van der Waals surface area (Å²) in [6.45, 7) is 3.23. The van der Waals surface area contributed by atoms with Crippen LogP contribution in [0.25, 0.3) is 10.9 Å². The second-order valence-electron chi connectivity index (χ2n) is 6.46. The van der Waals surface area contributed by atoms with Gasteiger partial charge in [0.25, 0.3) is 0 Å². The Bertz CT molecular complexity index is 929. The number of hydrogen-bond acceptors (Lipinski definition) is 4. The predicted octanol–water partition coefficient (Wildman–Crippen LogP) is 4.06. The minimum absolute atomic E-state index is 0.115. The molecular formula is C20H24ClN5O2. The number of aromatic nitrogens is 3. The molecule has 3 rings (SSSR count). The number of hydrogen-bond donors (Lipinski definition) is 2. The van der Waals surface area contributed by atoms with E-state index in [0.717, 1.165) is 42.3 Å². The Kier molecular flexibility index (Phi) is 6.71. The van der Waals surface area contributed by atoms with Crippen LogP contribution in [0.2, 0.25) is 5.15 Å². The van der Waals surface area contributed by atoms with Gasteiger partial charge >= 0.3 is 6.03 Å². The Morgan fingerprint density at radius 2 is 2.11 bits per heavy atom. The van der Waals surface area contributed by atoms with Crippen molar-refractivity contribution in [3.63, 3.8) is 0 Å². The molecule has 28 heavy (non-hydrogen) atoms. The van der Waals surface area contributed by atoms with E-state index in [2.05, 4.69) is 15.4 Å². The van der Waals surface area contributed by atoms with Gasteiger partial charge in [0.05, 0.1) is 18.8 Å². The van der Waals surface area contributed by atoms with E-state index in [1.807, 2.05) is 41.9 Å². The number of nitrogens with two attached hydrogens (primary N) is 1. The van der Waals surface area contributed by atoms with Gasteiger partial charge in [0.1, 0.15) is 10.7 Å². The Morgan fingerprint density at radius 1 is 1.32 bits per heavy atom. The number of benzene rings is 1. The standard InChI is InChI=1S/C20H24ClN5O2/c1-2-26-18-15(13-23-26)12-17(21)25-19(18)28-11-7-6-10-16(24-20(22)27)14-8-4-3-5-9-14/h3-5,8-9,12-13,16H,2,6-7,10-11H2,1H3,(H3,22,24,27). The van der Waals surface area contributed by atoms with Crippen molar-refractivity contribution in [1.82, 2.24) is 20.1 Å². The first kappa shape index (κ1) is 19.9. The van der Waals surface area contributed by atoms with Gasteiger partial charge in [0.15, 0.2) is 0 Å². The van der Waals surface area contributed by atoms with Crippen molar-refractivity contribution in [3.05, 3.63) is 53.3 Å². The van der Waals surface area contributed by atoms with E-state index >= 15 is 0 Å². The molecule has 1 aromatic carbocycles. The first-order chi connectivity index (χ1) is 13.6. The number of nitrogens with zero attached hydrogens (tertiary/aromatic N) is 3. The molecule has 0 bridgehead atoms. The van der Waals surface area contributed by atoms with Crippen molar-refractivity contribution in [2.24, 2.45) is 5.73 Å². The van der Waals surface area contributed by atoms with E-state index in [1.54, 1.807) is 12.3 Å². The summed E-state index contributed by atoms with van der Waals surface area (Å²) in [5, 5.41) is 8.43. The zero-order valence-electron chi connectivity index (χ0n) is 15.8. The first-order valence-electron chi connectivity index (χ1n) is 9.34. The lowest BCUT2D eigenvalue weighted by atomic mass is 10.0. The van der Waals surface area contributed by atoms with Crippen LogP contribution in [0.5, 0.6) is 5.88 Å². The van der Waals surface area contributed by atoms with Crippen LogP contribution < -0.4 is 15.8 Å². The zero-order chi connectivity index (χ0) is 19.9. The highest BCUT2D eigenvalue weighted by molar-refractivity contribution is 6.30. The maximum absolute atomic E-state index is 11.3. The number of pyridine rings is 1. The minimum Gasteiger partial charge on any atom is -0.476 e. The zero-order valence-corrected chi connectivity index (χ0v) is 16.5. The normalized spacial score (nSPS) is 12.1. The molecule has 0 aliphatic heterocycles. The Balaban J connectivity index is 1.57. The maximum atomic E-state index is 11.3. The molecule has 0 spiro atoms. The molecule has 8 heteroatoms. The molecule has 0 aliphatic rings. The second-order valence-corrected chi connectivity index (χ2v) is 6.85. The highest BCUT2D eigenvalue weighted by atomic mass is 35.5. The smallest absolute Gasteiger partial charge is 0.312 e. The van der Waals surface area contributed by atoms with E-state index in [9.17, 15) is 4.79 Å². The summed E-state index contributed by atoms with van der Waals surface area (Å²) in [5.41, 5.74) is 7.20. The van der Waals surface area contributed by atoms with Crippen molar-refractivity contribution in [1.29, 1.82) is 0 Å². The number of nitrogens with one attached hydrogen (secondary N) is 1. The number of urea groups is 1. The van der Waals surface area contributed by atoms with Crippen LogP contribution in [0, 0.1) is 0 Å². The van der Waals surface area contributed by atoms with Gasteiger partial charge < -0.3 is 15.8 Å². The van der Waals surface area contributed by atoms with Crippen molar-refractivity contribution in [3.8, 4) is 5.88 Å². The van der Waals surface area contributed by atoms with Gasteiger partial charge in [-0.25, -0.2) is 4.79 Å². The molecule has 0 aliphatic carbocycles. The number of fused-ring (bicyclic) bond motifs is 1. The summed E-state index contributed by atoms with van der Waals surface area (Å²) in [6.07, 6.45) is 4.19. The van der Waals surface area contributed by atoms with Crippen LogP contribution in [-0.4, -0.2) is 27.4 Å². The number of unbranched alkanes of at least 4 members (excludes halogenated alkanes) is 1. The summed E-state index contributed by atoms with van der Waals surface area (Å²) in [5.74, 6) is 0.497. The number of primary amides is 1. The van der Waals surface area contributed by atoms with E-state index in [0.29, 0.717) is 17.6 Å². The number of amides is 2. The molecule has 2 heterocycles. The molecule has 1 atom stereocenters. The summed E-state index contributed by atoms with van der Waals surface area (Å²) < 4.78 is 7.74. The lowest BCUT2D eigenvalue weighted by Crippen LogP contribution is -2.33. The number of ether oxygens (including phenoxy) is 1. The third kappa shape index (κ3) is 4.92. The molecule has 0 radical (unpaired) electrons. The molecule has 2 amide bonds. The lowest BCUT2D eigenvalue weighted by Gasteiger charge is -2.18. The summed E-state index contributed by atoms with van der Waals surface area (Å²) in [6, 6.07) is 10.9. The highest BCUT2D eigenvalue weighted by Gasteiger charge is 2.14. The highest BCUT2D eigenvalue weighted by Crippen LogP contribution is 2.27. The number of aryl methyl sites for hydroxylation is 1. The van der Waals surface area contributed by atoms with Crippen molar-refractivity contribution in [2.45, 2.75) is 38.8 Å². The monoisotopic (exact) mass is 401 g/mol. The molecule has 0 fully saturated rings. The van der Waals surface area contributed by atoms with Crippen molar-refractivity contribution in [2.75, 3.05) is 6.61 Å². The average Bonchev–Trinajstić information content (AvgIpc) is 3.10. The molecule has 7 nitrogen and oxygen atoms in total. The Labute approximate surface area is 168 Å². The molecule has 0 saturated heterocycles. The van der Waals surface area contributed by atoms with Gasteiger partial charge in [-0.15, -0.1) is 0 Å². The molecule has 3 N–H and O–H groups in total. The summed E-state index contributed by atoms with van der Waals surface area (Å²) in [4.78, 5) is 15.6. The van der Waals surface area contributed by atoms with E-state index < -0.39 is 6.03 Å². The molecule has 1 unspecified atom stereocenters. The van der Waals surface area contributed by atoms with E-state index in [4.69, 9.17) is 22.1 Å². The molecule has 3 aromatic rings. The number of halogens is 1. The van der Waals surface area contributed by atoms with Crippen LogP contribution in [0.4, 0.5) is 4.79 Å². The second kappa shape index (κ2) is 9.41. The minimum atomic E-state index is -0.525. The number of rotatable bonds is 9. The van der Waals surface area contributed by atoms with Gasteiger partial charge in [-0.3, -0.25) is 4.68 Å². The fourth-order valence-corrected chi connectivity index (χ4v) is 3.38. The van der Waals surface area contributed by atoms with Crippen molar-refractivity contribution < 1.29 is 9.53 Å². The SMILES string of the molecule is CCn1ncc2cc(Cl)nc(OCCCCC(NC(N)=O)c3ccccc3)c21. The summed E-state index contributed by atoms with van der Waals surface area (Å²) in [7, 11) is 0. The lowest BCUT2D eigenvalue weighted by molar-refractivity contribution is 0.243. The predicted molar refractivity (Wildman–Crippen MR) is 109 cm³/mol. The third-order valence-corrected chi connectivity index (χ3v) is 4.69. The fourth-order valence-electron chi connectivity index (χ4n) is 3.19. The van der Waals surface area contributed by atoms with Gasteiger partial charge in [-0.05, 0) is 37.8 Å². The topological polar surface area (TPSA) is 95.1 Å². The fraction of sp³-hybridized carbons (Fsp3) is 0.350. The Hall–Kier alpha value is -2.80. The molecule has 0 saturated carbocycles. The largest absolute Gasteiger partial charge is 0.476 e. The van der Waals surface area contributed by atoms with Gasteiger partial charge in [0.2, 0.25) is 5.88 Å². The quantitative estimate of drug-likeness (QED) is 0.417. The van der Waals surface area contributed by atoms with Crippen LogP contribution in [-0.2, 0) is 6.54 Å².